The first-order valence-electron chi connectivity index (χ1n) is 15.6. The summed E-state index contributed by atoms with van der Waals surface area (Å²) in [7, 11) is 10.3. The van der Waals surface area contributed by atoms with Gasteiger partial charge in [0.15, 0.2) is 8.07 Å². The van der Waals surface area contributed by atoms with Crippen LogP contribution in [0.1, 0.15) is 55.6 Å². The molecule has 0 atom stereocenters. The van der Waals surface area contributed by atoms with E-state index in [1.807, 2.05) is 0 Å². The van der Waals surface area contributed by atoms with Crippen LogP contribution in [-0.2, 0) is 21.7 Å². The fourth-order valence-corrected chi connectivity index (χ4v) is 14.9. The van der Waals surface area contributed by atoms with Crippen molar-refractivity contribution in [3.8, 4) is 0 Å². The number of hydrogen-bond donors (Lipinski definition) is 0. The van der Waals surface area contributed by atoms with Crippen LogP contribution in [0.5, 0.6) is 0 Å². The first-order valence-corrected chi connectivity index (χ1v) is 17.6. The molecule has 4 aromatic rings. The third-order valence-corrected chi connectivity index (χ3v) is 15.5. The Bertz CT molecular complexity index is 1540. The normalized spacial score (nSPS) is 10.7. The molecule has 0 aliphatic rings. The predicted octanol–water partition coefficient (Wildman–Crippen LogP) is -2.93. The van der Waals surface area contributed by atoms with E-state index in [1.165, 1.54) is 88.3 Å². The molecule has 3 nitrogen and oxygen atoms in total. The van der Waals surface area contributed by atoms with E-state index < -0.39 is 8.07 Å². The quantitative estimate of drug-likeness (QED) is 0.114. The van der Waals surface area contributed by atoms with Crippen molar-refractivity contribution in [2.75, 3.05) is 57.0 Å². The van der Waals surface area contributed by atoms with Crippen molar-refractivity contribution in [1.29, 1.82) is 0 Å². The van der Waals surface area contributed by atoms with Crippen LogP contribution in [0.3, 0.4) is 0 Å². The Balaban J connectivity index is 0.00000529. The van der Waals surface area contributed by atoms with Crippen LogP contribution in [0, 0.1) is 69.2 Å². The molecule has 0 aliphatic carbocycles. The molecule has 254 valence electrons. The van der Waals surface area contributed by atoms with Crippen LogP contribution in [-0.4, -0.2) is 50.4 Å². The van der Waals surface area contributed by atoms with Crippen LogP contribution in [0.2, 0.25) is 0 Å². The average Bonchev–Trinajstić information content (AvgIpc) is 3.08. The Labute approximate surface area is 321 Å². The molecule has 4 aromatic carbocycles. The maximum Gasteiger partial charge on any atom is 4.00 e. The Morgan fingerprint density at radius 3 is 0.957 bits per heavy atom. The topological polar surface area (TPSA) is 9.72 Å². The fourth-order valence-electron chi connectivity index (χ4n) is 7.89. The minimum Gasteiger partial charge on any atom is -1.00 e. The zero-order chi connectivity index (χ0) is 32.3. The van der Waals surface area contributed by atoms with Crippen LogP contribution in [0.25, 0.3) is 0 Å². The van der Waals surface area contributed by atoms with Crippen LogP contribution < -0.4 is 72.7 Å². The number of nitrogens with zero attached hydrogens (tertiary/aromatic N) is 3. The SMILES string of the molecule is Cc1cc(C)c([Si](c2c(C)cc(C)cc2N(C)C)(c2c(C)cc(C)cc2N(C)C)c2c(C)c(C)c(C)[c-]2C)c(N(C)C)c1.[Cl-].[Cl-].[Cl-].[Ti+4]. The van der Waals surface area contributed by atoms with E-state index in [0.717, 1.165) is 0 Å². The second-order valence-corrected chi connectivity index (χ2v) is 17.2. The van der Waals surface area contributed by atoms with Gasteiger partial charge in [0, 0.05) is 59.3 Å². The molecule has 0 unspecified atom stereocenters. The van der Waals surface area contributed by atoms with Crippen molar-refractivity contribution in [3.05, 3.63) is 92.0 Å². The van der Waals surface area contributed by atoms with Crippen molar-refractivity contribution in [2.24, 2.45) is 0 Å². The van der Waals surface area contributed by atoms with Crippen molar-refractivity contribution < 1.29 is 58.9 Å². The molecule has 0 fully saturated rings. The smallest absolute Gasteiger partial charge is 1.00 e. The van der Waals surface area contributed by atoms with Crippen LogP contribution in [0.4, 0.5) is 17.1 Å². The molecule has 0 bridgehead atoms. The fraction of sp³-hybridized carbons (Fsp3) is 0.410. The van der Waals surface area contributed by atoms with Crippen molar-refractivity contribution in [3.63, 3.8) is 0 Å². The maximum atomic E-state index is 2.43. The zero-order valence-corrected chi connectivity index (χ0v) is 36.3. The van der Waals surface area contributed by atoms with Crippen molar-refractivity contribution in [1.82, 2.24) is 0 Å². The number of hydrogen-bond acceptors (Lipinski definition) is 3. The van der Waals surface area contributed by atoms with E-state index in [0.29, 0.717) is 0 Å². The Hall–Kier alpha value is -1.79. The van der Waals surface area contributed by atoms with Gasteiger partial charge in [-0.15, -0.1) is 0 Å². The monoisotopic (exact) mass is 745 g/mol. The molecule has 0 aliphatic heterocycles. The van der Waals surface area contributed by atoms with Gasteiger partial charge in [0.05, 0.1) is 0 Å². The standard InChI is InChI=1S/C39H54N3Si.3ClH.Ti/c1-23-17-26(4)36(33(20-23)40(11)12)43(39-31(9)29(7)30(8)32(39)10,37-27(5)18-24(2)21-34(37)41(13)14)38-28(6)19-25(3)22-35(38)42(15)16;;;;/h17-22H,1-16H3;3*1H;/q-1;;;;+4/p-3. The largest absolute Gasteiger partial charge is 4.00 e. The van der Waals surface area contributed by atoms with E-state index in [9.17, 15) is 0 Å². The molecule has 0 radical (unpaired) electrons. The first-order chi connectivity index (χ1) is 20.0. The summed E-state index contributed by atoms with van der Waals surface area (Å²) in [5.41, 5.74) is 17.8. The predicted molar refractivity (Wildman–Crippen MR) is 196 cm³/mol. The molecule has 0 amide bonds. The second-order valence-electron chi connectivity index (χ2n) is 13.7. The van der Waals surface area contributed by atoms with E-state index in [2.05, 4.69) is 163 Å². The summed E-state index contributed by atoms with van der Waals surface area (Å²) in [6.45, 7) is 23.3. The molecular formula is C39H54Cl3N3SiTi. The second kappa shape index (κ2) is 16.7. The number of anilines is 3. The molecule has 8 heteroatoms. The van der Waals surface area contributed by atoms with Gasteiger partial charge in [-0.25, -0.2) is 0 Å². The van der Waals surface area contributed by atoms with Crippen LogP contribution >= 0.6 is 0 Å². The Kier molecular flexibility index (Phi) is 16.1. The average molecular weight is 747 g/mol. The zero-order valence-electron chi connectivity index (χ0n) is 31.4. The van der Waals surface area contributed by atoms with E-state index in [-0.39, 0.29) is 58.9 Å². The van der Waals surface area contributed by atoms with E-state index in [1.54, 1.807) is 5.19 Å². The number of halogens is 3. The molecule has 0 saturated carbocycles. The minimum absolute atomic E-state index is 0. The molecule has 0 saturated heterocycles. The van der Waals surface area contributed by atoms with Gasteiger partial charge >= 0.3 is 21.7 Å². The van der Waals surface area contributed by atoms with Gasteiger partial charge in [-0.2, -0.15) is 27.4 Å². The summed E-state index contributed by atoms with van der Waals surface area (Å²) in [5.74, 6) is 0. The van der Waals surface area contributed by atoms with E-state index in [4.69, 9.17) is 0 Å². The number of benzene rings is 3. The van der Waals surface area contributed by atoms with Gasteiger partial charge in [-0.05, 0) is 109 Å². The molecule has 47 heavy (non-hydrogen) atoms. The van der Waals surface area contributed by atoms with Crippen LogP contribution in [0.15, 0.2) is 36.4 Å². The third kappa shape index (κ3) is 7.54. The van der Waals surface area contributed by atoms with Gasteiger partial charge < -0.3 is 51.9 Å². The first kappa shape index (κ1) is 45.2. The molecule has 0 N–H and O–H groups in total. The summed E-state index contributed by atoms with van der Waals surface area (Å²) in [4.78, 5) is 7.09. The van der Waals surface area contributed by atoms with Crippen molar-refractivity contribution in [2.45, 2.75) is 69.2 Å². The summed E-state index contributed by atoms with van der Waals surface area (Å²) in [5, 5.41) is 6.07. The van der Waals surface area contributed by atoms with Gasteiger partial charge in [0.25, 0.3) is 0 Å². The van der Waals surface area contributed by atoms with Gasteiger partial charge in [-0.3, -0.25) is 0 Å². The third-order valence-electron chi connectivity index (χ3n) is 9.76. The summed E-state index contributed by atoms with van der Waals surface area (Å²) in [6, 6.07) is 14.6. The number of rotatable bonds is 7. The van der Waals surface area contributed by atoms with E-state index >= 15 is 0 Å². The summed E-state index contributed by atoms with van der Waals surface area (Å²) in [6.07, 6.45) is 0. The molecular weight excluding hydrogens is 693 g/mol. The van der Waals surface area contributed by atoms with Gasteiger partial charge in [0.1, 0.15) is 0 Å². The Morgan fingerprint density at radius 2 is 0.745 bits per heavy atom. The maximum absolute atomic E-state index is 3.05. The Morgan fingerprint density at radius 1 is 0.468 bits per heavy atom. The van der Waals surface area contributed by atoms with Crippen molar-refractivity contribution >= 4 is 45.9 Å². The number of aryl methyl sites for hydroxylation is 6. The summed E-state index contributed by atoms with van der Waals surface area (Å²) < 4.78 is 0. The molecule has 0 heterocycles. The molecule has 0 spiro atoms. The van der Waals surface area contributed by atoms with Gasteiger partial charge in [0.2, 0.25) is 0 Å². The summed E-state index contributed by atoms with van der Waals surface area (Å²) >= 11 is 0. The molecule has 0 aromatic heterocycles. The molecule has 4 rings (SSSR count). The van der Waals surface area contributed by atoms with Gasteiger partial charge in [-0.1, -0.05) is 45.9 Å². The minimum atomic E-state index is -3.05.